The highest BCUT2D eigenvalue weighted by Crippen LogP contribution is 2.36. The van der Waals surface area contributed by atoms with E-state index >= 15 is 0 Å². The van der Waals surface area contributed by atoms with Gasteiger partial charge < -0.3 is 13.9 Å². The van der Waals surface area contributed by atoms with Crippen LogP contribution in [0.25, 0.3) is 22.3 Å². The quantitative estimate of drug-likeness (QED) is 0.312. The Morgan fingerprint density at radius 3 is 2.35 bits per heavy atom. The predicted molar refractivity (Wildman–Crippen MR) is 121 cm³/mol. The zero-order valence-electron chi connectivity index (χ0n) is 15.7. The molecule has 5 nitrogen and oxygen atoms in total. The fourth-order valence-electron chi connectivity index (χ4n) is 2.88. The van der Waals surface area contributed by atoms with Gasteiger partial charge >= 0.3 is 5.97 Å². The molecule has 0 unspecified atom stereocenters. The molecule has 31 heavy (non-hydrogen) atoms. The van der Waals surface area contributed by atoms with Gasteiger partial charge in [0, 0.05) is 15.6 Å². The summed E-state index contributed by atoms with van der Waals surface area (Å²) in [6.45, 7) is -0.429. The summed E-state index contributed by atoms with van der Waals surface area (Å²) in [6, 6.07) is 17.8. The first kappa shape index (κ1) is 21.2. The number of para-hydroxylation sites is 1. The third kappa shape index (κ3) is 4.69. The largest absolute Gasteiger partial charge is 0.482 e. The lowest BCUT2D eigenvalue weighted by Gasteiger charge is -2.12. The predicted octanol–water partition coefficient (Wildman–Crippen LogP) is 6.40. The zero-order valence-corrected chi connectivity index (χ0v) is 18.0. The van der Waals surface area contributed by atoms with Gasteiger partial charge in [0.15, 0.2) is 12.4 Å². The lowest BCUT2D eigenvalue weighted by Crippen LogP contribution is -2.21. The molecule has 156 valence electrons. The number of carbonyl (C=O) groups excluding carboxylic acids is 1. The van der Waals surface area contributed by atoms with E-state index in [1.807, 2.05) is 0 Å². The van der Waals surface area contributed by atoms with E-state index in [1.165, 1.54) is 6.07 Å². The lowest BCUT2D eigenvalue weighted by molar-refractivity contribution is -0.136. The van der Waals surface area contributed by atoms with Crippen LogP contribution in [0.2, 0.25) is 15.1 Å². The Labute approximate surface area is 191 Å². The third-order valence-electron chi connectivity index (χ3n) is 4.32. The summed E-state index contributed by atoms with van der Waals surface area (Å²) < 4.78 is 16.7. The molecular weight excluding hydrogens is 463 g/mol. The fourth-order valence-corrected chi connectivity index (χ4v) is 3.51. The molecule has 0 spiro atoms. The topological polar surface area (TPSA) is 65.7 Å². The molecule has 0 radical (unpaired) electrons. The van der Waals surface area contributed by atoms with Crippen LogP contribution in [-0.4, -0.2) is 12.6 Å². The summed E-state index contributed by atoms with van der Waals surface area (Å²) in [4.78, 5) is 25.5. The first-order valence-corrected chi connectivity index (χ1v) is 10.2. The molecule has 8 heteroatoms. The first-order chi connectivity index (χ1) is 14.9. The lowest BCUT2D eigenvalue weighted by atomic mass is 10.1. The van der Waals surface area contributed by atoms with Gasteiger partial charge in [-0.15, -0.1) is 0 Å². The van der Waals surface area contributed by atoms with Gasteiger partial charge in [0.05, 0.1) is 10.4 Å². The number of esters is 1. The minimum Gasteiger partial charge on any atom is -0.482 e. The maximum Gasteiger partial charge on any atom is 0.349 e. The number of carbonyl (C=O) groups is 1. The van der Waals surface area contributed by atoms with E-state index in [-0.39, 0.29) is 21.9 Å². The summed E-state index contributed by atoms with van der Waals surface area (Å²) >= 11 is 18.1. The standard InChI is InChI=1S/C23H13Cl3O5/c24-13-5-8-15(9-6-13)29-12-20(27)31-23-21(28)17-3-1-2-4-19(17)30-22(23)16-10-7-14(25)11-18(16)26/h1-11H,12H2. The van der Waals surface area contributed by atoms with E-state index in [0.29, 0.717) is 26.9 Å². The Balaban J connectivity index is 1.71. The minimum atomic E-state index is -0.788. The monoisotopic (exact) mass is 474 g/mol. The summed E-state index contributed by atoms with van der Waals surface area (Å²) in [5.41, 5.74) is 0.170. The molecule has 4 aromatic rings. The Bertz CT molecular complexity index is 1330. The van der Waals surface area contributed by atoms with E-state index < -0.39 is 18.0 Å². The van der Waals surface area contributed by atoms with Crippen molar-refractivity contribution < 1.29 is 18.7 Å². The SMILES string of the molecule is O=C(COc1ccc(Cl)cc1)Oc1c(-c2ccc(Cl)cc2Cl)oc2ccccc2c1=O. The molecule has 0 bridgehead atoms. The van der Waals surface area contributed by atoms with Gasteiger partial charge in [0.2, 0.25) is 11.2 Å². The van der Waals surface area contributed by atoms with Crippen LogP contribution in [0, 0.1) is 0 Å². The first-order valence-electron chi connectivity index (χ1n) is 9.02. The van der Waals surface area contributed by atoms with E-state index in [4.69, 9.17) is 48.7 Å². The molecule has 0 atom stereocenters. The number of halogens is 3. The van der Waals surface area contributed by atoms with E-state index in [1.54, 1.807) is 60.7 Å². The van der Waals surface area contributed by atoms with Gasteiger partial charge in [-0.3, -0.25) is 4.79 Å². The van der Waals surface area contributed by atoms with Crippen molar-refractivity contribution in [1.82, 2.24) is 0 Å². The van der Waals surface area contributed by atoms with Crippen LogP contribution >= 0.6 is 34.8 Å². The Morgan fingerprint density at radius 1 is 0.903 bits per heavy atom. The van der Waals surface area contributed by atoms with Crippen LogP contribution in [0.15, 0.2) is 75.9 Å². The molecule has 0 fully saturated rings. The highest BCUT2D eigenvalue weighted by atomic mass is 35.5. The second-order valence-electron chi connectivity index (χ2n) is 6.43. The molecule has 0 aliphatic heterocycles. The summed E-state index contributed by atoms with van der Waals surface area (Å²) in [7, 11) is 0. The maximum absolute atomic E-state index is 13.1. The van der Waals surface area contributed by atoms with Gasteiger partial charge in [-0.25, -0.2) is 4.79 Å². The van der Waals surface area contributed by atoms with E-state index in [0.717, 1.165) is 0 Å². The molecule has 3 aromatic carbocycles. The number of hydrogen-bond acceptors (Lipinski definition) is 5. The molecule has 0 N–H and O–H groups in total. The normalized spacial score (nSPS) is 10.8. The molecule has 1 heterocycles. The van der Waals surface area contributed by atoms with Crippen LogP contribution in [0.5, 0.6) is 11.5 Å². The van der Waals surface area contributed by atoms with Crippen molar-refractivity contribution in [3.05, 3.63) is 92.0 Å². The number of benzene rings is 3. The molecular formula is C23H13Cl3O5. The van der Waals surface area contributed by atoms with Gasteiger partial charge in [-0.2, -0.15) is 0 Å². The third-order valence-corrected chi connectivity index (χ3v) is 5.12. The van der Waals surface area contributed by atoms with Gasteiger partial charge in [-0.1, -0.05) is 46.9 Å². The van der Waals surface area contributed by atoms with Crippen molar-refractivity contribution in [2.45, 2.75) is 0 Å². The molecule has 1 aromatic heterocycles. The zero-order chi connectivity index (χ0) is 22.0. The van der Waals surface area contributed by atoms with Gasteiger partial charge in [0.1, 0.15) is 11.3 Å². The fraction of sp³-hybridized carbons (Fsp3) is 0.0435. The van der Waals surface area contributed by atoms with E-state index in [9.17, 15) is 9.59 Å². The van der Waals surface area contributed by atoms with Crippen LogP contribution in [0.1, 0.15) is 0 Å². The van der Waals surface area contributed by atoms with Crippen molar-refractivity contribution >= 4 is 51.7 Å². The Morgan fingerprint density at radius 2 is 1.61 bits per heavy atom. The Kier molecular flexibility index (Phi) is 6.18. The van der Waals surface area contributed by atoms with Crippen molar-refractivity contribution in [2.75, 3.05) is 6.61 Å². The second kappa shape index (κ2) is 9.02. The van der Waals surface area contributed by atoms with Crippen LogP contribution < -0.4 is 14.9 Å². The average Bonchev–Trinajstić information content (AvgIpc) is 2.75. The summed E-state index contributed by atoms with van der Waals surface area (Å²) in [5, 5.41) is 1.44. The minimum absolute atomic E-state index is 0.0187. The smallest absolute Gasteiger partial charge is 0.349 e. The van der Waals surface area contributed by atoms with Crippen molar-refractivity contribution in [3.63, 3.8) is 0 Å². The average molecular weight is 476 g/mol. The van der Waals surface area contributed by atoms with Crippen LogP contribution in [-0.2, 0) is 4.79 Å². The summed E-state index contributed by atoms with van der Waals surface area (Å²) in [6.07, 6.45) is 0. The van der Waals surface area contributed by atoms with Gasteiger partial charge in [0.25, 0.3) is 0 Å². The maximum atomic E-state index is 13.1. The number of hydrogen-bond donors (Lipinski definition) is 0. The second-order valence-corrected chi connectivity index (χ2v) is 7.71. The van der Waals surface area contributed by atoms with Crippen LogP contribution in [0.3, 0.4) is 0 Å². The van der Waals surface area contributed by atoms with Crippen molar-refractivity contribution in [1.29, 1.82) is 0 Å². The molecule has 0 amide bonds. The molecule has 0 aliphatic carbocycles. The van der Waals surface area contributed by atoms with Gasteiger partial charge in [-0.05, 0) is 54.6 Å². The van der Waals surface area contributed by atoms with Crippen molar-refractivity contribution in [3.8, 4) is 22.8 Å². The highest BCUT2D eigenvalue weighted by molar-refractivity contribution is 6.36. The molecule has 0 aliphatic rings. The highest BCUT2D eigenvalue weighted by Gasteiger charge is 2.22. The van der Waals surface area contributed by atoms with Crippen molar-refractivity contribution in [2.24, 2.45) is 0 Å². The number of fused-ring (bicyclic) bond motifs is 1. The number of ether oxygens (including phenoxy) is 2. The molecule has 0 saturated heterocycles. The Hall–Kier alpha value is -2.99. The molecule has 4 rings (SSSR count). The summed E-state index contributed by atoms with van der Waals surface area (Å²) in [5.74, 6) is -0.630. The number of rotatable bonds is 5. The van der Waals surface area contributed by atoms with Crippen LogP contribution in [0.4, 0.5) is 0 Å². The molecule has 0 saturated carbocycles. The van der Waals surface area contributed by atoms with E-state index in [2.05, 4.69) is 0 Å².